The lowest BCUT2D eigenvalue weighted by molar-refractivity contribution is 0.425. The number of hydrogen-bond donors (Lipinski definition) is 0. The first-order valence-corrected chi connectivity index (χ1v) is 5.25. The Morgan fingerprint density at radius 3 is 2.87 bits per heavy atom. The predicted molar refractivity (Wildman–Crippen MR) is 56.5 cm³/mol. The molecule has 2 aromatic rings. The number of aromatic nitrogens is 2. The summed E-state index contributed by atoms with van der Waals surface area (Å²) in [5.41, 5.74) is 3.94. The summed E-state index contributed by atoms with van der Waals surface area (Å²) in [6, 6.07) is 6.42. The van der Waals surface area contributed by atoms with Gasteiger partial charge in [-0.25, -0.2) is 0 Å². The Morgan fingerprint density at radius 1 is 1.20 bits per heavy atom. The van der Waals surface area contributed by atoms with Crippen LogP contribution in [0, 0.1) is 6.92 Å². The van der Waals surface area contributed by atoms with Crippen molar-refractivity contribution in [2.75, 3.05) is 0 Å². The molecule has 1 aliphatic rings. The molecule has 3 rings (SSSR count). The molecule has 1 aromatic carbocycles. The van der Waals surface area contributed by atoms with Gasteiger partial charge in [-0.1, -0.05) is 11.2 Å². The van der Waals surface area contributed by atoms with Gasteiger partial charge in [-0.05, 0) is 49.4 Å². The highest BCUT2D eigenvalue weighted by Crippen LogP contribution is 2.27. The summed E-state index contributed by atoms with van der Waals surface area (Å²) >= 11 is 0. The Balaban J connectivity index is 2.06. The van der Waals surface area contributed by atoms with Crippen molar-refractivity contribution in [1.82, 2.24) is 10.1 Å². The van der Waals surface area contributed by atoms with Gasteiger partial charge in [-0.2, -0.15) is 4.98 Å². The van der Waals surface area contributed by atoms with Crippen LogP contribution in [-0.4, -0.2) is 10.1 Å². The molecular formula is C12H12N2O. The van der Waals surface area contributed by atoms with E-state index in [2.05, 4.69) is 28.3 Å². The third kappa shape index (κ3) is 1.44. The second-order valence-corrected chi connectivity index (χ2v) is 3.98. The van der Waals surface area contributed by atoms with Crippen LogP contribution in [0.2, 0.25) is 0 Å². The van der Waals surface area contributed by atoms with E-state index in [9.17, 15) is 0 Å². The molecule has 0 saturated carbocycles. The Hall–Kier alpha value is -1.64. The minimum absolute atomic E-state index is 0.627. The highest BCUT2D eigenvalue weighted by molar-refractivity contribution is 5.56. The zero-order valence-electron chi connectivity index (χ0n) is 8.66. The predicted octanol–water partition coefficient (Wildman–Crippen LogP) is 2.53. The fourth-order valence-electron chi connectivity index (χ4n) is 2.12. The van der Waals surface area contributed by atoms with Crippen molar-refractivity contribution < 1.29 is 4.52 Å². The van der Waals surface area contributed by atoms with Gasteiger partial charge in [0.1, 0.15) is 0 Å². The minimum atomic E-state index is 0.627. The number of hydrogen-bond acceptors (Lipinski definition) is 3. The normalized spacial score (nSPS) is 14.2. The molecule has 1 heterocycles. The molecule has 0 radical (unpaired) electrons. The maximum absolute atomic E-state index is 5.15. The topological polar surface area (TPSA) is 38.9 Å². The number of rotatable bonds is 1. The Kier molecular flexibility index (Phi) is 1.84. The van der Waals surface area contributed by atoms with E-state index in [0.717, 1.165) is 5.56 Å². The van der Waals surface area contributed by atoms with Crippen molar-refractivity contribution in [3.8, 4) is 11.5 Å². The van der Waals surface area contributed by atoms with Crippen molar-refractivity contribution in [3.05, 3.63) is 35.2 Å². The molecule has 1 aliphatic carbocycles. The third-order valence-electron chi connectivity index (χ3n) is 2.87. The molecule has 0 bridgehead atoms. The minimum Gasteiger partial charge on any atom is -0.334 e. The van der Waals surface area contributed by atoms with Crippen LogP contribution in [0.15, 0.2) is 22.7 Å². The average molecular weight is 200 g/mol. The summed E-state index contributed by atoms with van der Waals surface area (Å²) in [5.74, 6) is 1.31. The van der Waals surface area contributed by atoms with Gasteiger partial charge in [-0.3, -0.25) is 0 Å². The average Bonchev–Trinajstić information content (AvgIpc) is 2.84. The van der Waals surface area contributed by atoms with Gasteiger partial charge in [-0.15, -0.1) is 0 Å². The Bertz CT molecular complexity index is 502. The van der Waals surface area contributed by atoms with E-state index in [1.54, 1.807) is 0 Å². The lowest BCUT2D eigenvalue weighted by Gasteiger charge is -2.00. The number of nitrogens with zero attached hydrogens (tertiary/aromatic N) is 2. The first-order valence-electron chi connectivity index (χ1n) is 5.25. The van der Waals surface area contributed by atoms with Gasteiger partial charge < -0.3 is 4.52 Å². The summed E-state index contributed by atoms with van der Waals surface area (Å²) < 4.78 is 5.15. The molecule has 1 aromatic heterocycles. The summed E-state index contributed by atoms with van der Waals surface area (Å²) in [4.78, 5) is 4.23. The Morgan fingerprint density at radius 2 is 2.07 bits per heavy atom. The lowest BCUT2D eigenvalue weighted by Crippen LogP contribution is -1.84. The third-order valence-corrected chi connectivity index (χ3v) is 2.87. The van der Waals surface area contributed by atoms with E-state index in [4.69, 9.17) is 4.52 Å². The molecular weight excluding hydrogens is 188 g/mol. The highest BCUT2D eigenvalue weighted by Gasteiger charge is 2.13. The SMILES string of the molecule is Cc1noc(-c2ccc3c(c2)CCC3)n1. The van der Waals surface area contributed by atoms with E-state index in [0.29, 0.717) is 11.7 Å². The van der Waals surface area contributed by atoms with Gasteiger partial charge in [0.2, 0.25) is 0 Å². The van der Waals surface area contributed by atoms with Gasteiger partial charge in [0, 0.05) is 5.56 Å². The molecule has 0 N–H and O–H groups in total. The largest absolute Gasteiger partial charge is 0.334 e. The molecule has 0 fully saturated rings. The van der Waals surface area contributed by atoms with Crippen molar-refractivity contribution in [3.63, 3.8) is 0 Å². The standard InChI is InChI=1S/C12H12N2O/c1-8-13-12(15-14-8)11-6-5-9-3-2-4-10(9)7-11/h5-7H,2-4H2,1H3. The van der Waals surface area contributed by atoms with Crippen LogP contribution in [0.5, 0.6) is 0 Å². The van der Waals surface area contributed by atoms with Crippen molar-refractivity contribution in [2.24, 2.45) is 0 Å². The summed E-state index contributed by atoms with van der Waals surface area (Å²) in [6.07, 6.45) is 3.65. The number of benzene rings is 1. The number of aryl methyl sites for hydroxylation is 3. The van der Waals surface area contributed by atoms with Crippen LogP contribution in [0.25, 0.3) is 11.5 Å². The second-order valence-electron chi connectivity index (χ2n) is 3.98. The summed E-state index contributed by atoms with van der Waals surface area (Å²) in [6.45, 7) is 1.83. The zero-order chi connectivity index (χ0) is 10.3. The smallest absolute Gasteiger partial charge is 0.257 e. The molecule has 0 saturated heterocycles. The number of fused-ring (bicyclic) bond motifs is 1. The molecule has 0 aliphatic heterocycles. The van der Waals surface area contributed by atoms with Crippen LogP contribution in [0.3, 0.4) is 0 Å². The molecule has 3 heteroatoms. The van der Waals surface area contributed by atoms with Crippen LogP contribution < -0.4 is 0 Å². The van der Waals surface area contributed by atoms with E-state index in [-0.39, 0.29) is 0 Å². The van der Waals surface area contributed by atoms with Crippen LogP contribution in [0.1, 0.15) is 23.4 Å². The first-order chi connectivity index (χ1) is 7.33. The van der Waals surface area contributed by atoms with Gasteiger partial charge in [0.15, 0.2) is 5.82 Å². The van der Waals surface area contributed by atoms with E-state index < -0.39 is 0 Å². The van der Waals surface area contributed by atoms with Gasteiger partial charge in [0.25, 0.3) is 5.89 Å². The van der Waals surface area contributed by atoms with E-state index >= 15 is 0 Å². The second kappa shape index (κ2) is 3.19. The fraction of sp³-hybridized carbons (Fsp3) is 0.333. The molecule has 3 nitrogen and oxygen atoms in total. The molecule has 15 heavy (non-hydrogen) atoms. The van der Waals surface area contributed by atoms with Crippen molar-refractivity contribution in [1.29, 1.82) is 0 Å². The van der Waals surface area contributed by atoms with E-state index in [1.165, 1.54) is 30.4 Å². The fourth-order valence-corrected chi connectivity index (χ4v) is 2.12. The molecule has 0 amide bonds. The molecule has 76 valence electrons. The van der Waals surface area contributed by atoms with E-state index in [1.807, 2.05) is 6.92 Å². The Labute approximate surface area is 88.1 Å². The van der Waals surface area contributed by atoms with Crippen LogP contribution in [0.4, 0.5) is 0 Å². The summed E-state index contributed by atoms with van der Waals surface area (Å²) in [5, 5.41) is 3.80. The first kappa shape index (κ1) is 8.65. The van der Waals surface area contributed by atoms with Gasteiger partial charge >= 0.3 is 0 Å². The van der Waals surface area contributed by atoms with Crippen LogP contribution in [-0.2, 0) is 12.8 Å². The van der Waals surface area contributed by atoms with Crippen LogP contribution >= 0.6 is 0 Å². The zero-order valence-corrected chi connectivity index (χ0v) is 8.66. The highest BCUT2D eigenvalue weighted by atomic mass is 16.5. The maximum atomic E-state index is 5.15. The molecule has 0 spiro atoms. The molecule has 0 atom stereocenters. The summed E-state index contributed by atoms with van der Waals surface area (Å²) in [7, 11) is 0. The maximum Gasteiger partial charge on any atom is 0.257 e. The molecule has 0 unspecified atom stereocenters. The van der Waals surface area contributed by atoms with Crippen molar-refractivity contribution >= 4 is 0 Å². The quantitative estimate of drug-likeness (QED) is 0.710. The monoisotopic (exact) mass is 200 g/mol. The van der Waals surface area contributed by atoms with Gasteiger partial charge in [0.05, 0.1) is 0 Å². The van der Waals surface area contributed by atoms with Crippen molar-refractivity contribution in [2.45, 2.75) is 26.2 Å². The lowest BCUT2D eigenvalue weighted by atomic mass is 10.1.